The van der Waals surface area contributed by atoms with Crippen LogP contribution in [0.25, 0.3) is 11.0 Å². The largest absolute Gasteiger partial charge is 0.478 e. The number of para-hydroxylation sites is 1. The van der Waals surface area contributed by atoms with Gasteiger partial charge in [-0.25, -0.2) is 19.4 Å². The Morgan fingerprint density at radius 1 is 0.877 bits per heavy atom. The molecule has 1 unspecified atom stereocenters. The van der Waals surface area contributed by atoms with E-state index in [4.69, 9.17) is 4.98 Å². The van der Waals surface area contributed by atoms with E-state index in [1.165, 1.54) is 17.0 Å². The van der Waals surface area contributed by atoms with Crippen LogP contribution in [0, 0.1) is 0 Å². The molecule has 3 aromatic carbocycles. The van der Waals surface area contributed by atoms with Crippen molar-refractivity contribution in [1.82, 2.24) is 29.6 Å². The number of piperidine rings is 1. The molecule has 4 amide bonds. The number of nitrogens with one attached hydrogen (secondary N) is 2. The van der Waals surface area contributed by atoms with Crippen molar-refractivity contribution in [2.24, 2.45) is 0 Å². The molecule has 0 spiro atoms. The molecule has 0 aliphatic carbocycles. The lowest BCUT2D eigenvalue weighted by Gasteiger charge is -2.38. The average Bonchev–Trinajstić information content (AvgIpc) is 3.78. The van der Waals surface area contributed by atoms with Crippen molar-refractivity contribution in [3.63, 3.8) is 0 Å². The van der Waals surface area contributed by atoms with Crippen molar-refractivity contribution in [2.45, 2.75) is 75.9 Å². The van der Waals surface area contributed by atoms with E-state index < -0.39 is 47.9 Å². The summed E-state index contributed by atoms with van der Waals surface area (Å²) in [5.41, 5.74) is -0.822. The van der Waals surface area contributed by atoms with Crippen LogP contribution in [-0.4, -0.2) is 92.7 Å². The van der Waals surface area contributed by atoms with Crippen LogP contribution in [0.15, 0.2) is 60.7 Å². The molecule has 1 atom stereocenters. The van der Waals surface area contributed by atoms with E-state index in [9.17, 15) is 45.8 Å². The third-order valence-electron chi connectivity index (χ3n) is 11.1. The van der Waals surface area contributed by atoms with Gasteiger partial charge in [0.2, 0.25) is 0 Å². The molecule has 4 aromatic rings. The predicted molar refractivity (Wildman–Crippen MR) is 199 cm³/mol. The van der Waals surface area contributed by atoms with E-state index in [-0.39, 0.29) is 53.7 Å². The maximum absolute atomic E-state index is 14.1. The lowest BCUT2D eigenvalue weighted by Crippen LogP contribution is -2.52. The summed E-state index contributed by atoms with van der Waals surface area (Å²) in [5.74, 6) is -1.04. The number of carboxylic acid groups (broad SMARTS) is 1. The average molecular weight is 800 g/mol. The minimum Gasteiger partial charge on any atom is -0.478 e. The Morgan fingerprint density at radius 2 is 1.56 bits per heavy atom. The number of fused-ring (bicyclic) bond motifs is 2. The van der Waals surface area contributed by atoms with Crippen LogP contribution in [0.2, 0.25) is 0 Å². The van der Waals surface area contributed by atoms with Crippen molar-refractivity contribution < 1.29 is 45.8 Å². The number of rotatable bonds is 10. The zero-order valence-electron chi connectivity index (χ0n) is 31.0. The number of carboxylic acids is 1. The molecule has 3 aliphatic rings. The molecule has 3 N–H and O–H groups in total. The van der Waals surface area contributed by atoms with Gasteiger partial charge in [0, 0.05) is 37.9 Å². The molecule has 57 heavy (non-hydrogen) atoms. The number of carbonyl (C=O) groups is 3. The number of amides is 4. The number of hydrogen-bond acceptors (Lipinski definition) is 5. The van der Waals surface area contributed by atoms with Gasteiger partial charge in [-0.05, 0) is 118 Å². The maximum atomic E-state index is 14.1. The molecule has 2 fully saturated rings. The van der Waals surface area contributed by atoms with Gasteiger partial charge in [-0.3, -0.25) is 0 Å². The molecular formula is C40H43F6N7O4. The zero-order valence-corrected chi connectivity index (χ0v) is 31.0. The Morgan fingerprint density at radius 3 is 2.23 bits per heavy atom. The van der Waals surface area contributed by atoms with Gasteiger partial charge in [0.1, 0.15) is 5.82 Å². The molecule has 304 valence electrons. The minimum absolute atomic E-state index is 0.0610. The number of alkyl halides is 6. The van der Waals surface area contributed by atoms with Crippen LogP contribution in [0.1, 0.15) is 76.6 Å². The Hall–Kier alpha value is -5.32. The normalized spacial score (nSPS) is 17.7. The van der Waals surface area contributed by atoms with Gasteiger partial charge < -0.3 is 35.0 Å². The number of imidazole rings is 1. The summed E-state index contributed by atoms with van der Waals surface area (Å²) in [6.07, 6.45) is -6.36. The second-order valence-corrected chi connectivity index (χ2v) is 14.9. The third-order valence-corrected chi connectivity index (χ3v) is 11.1. The fourth-order valence-electron chi connectivity index (χ4n) is 8.18. The van der Waals surface area contributed by atoms with Crippen molar-refractivity contribution >= 4 is 34.8 Å². The molecular weight excluding hydrogens is 756 g/mol. The second kappa shape index (κ2) is 16.3. The highest BCUT2D eigenvalue weighted by molar-refractivity contribution is 5.93. The van der Waals surface area contributed by atoms with Gasteiger partial charge in [0.05, 0.1) is 33.8 Å². The maximum Gasteiger partial charge on any atom is 0.416 e. The standard InChI is InChI=1S/C40H43F6N7O4/c41-39(42,43)28-20-25(21-29(24-28)40(44,45)46)22-33(35-47-32-23-27(36(54)55)8-9-34(32)53(35)16-5-15-50-13-3-4-14-50)49-37(56)51-17-11-30(12-18-51)52-19-10-26-6-1-2-7-31(26)48-38(52)57/h1-2,6-9,20-21,23-24,30,33H,3-5,10-19,22H2,(H,48,57)(H,49,56)(H,54,55). The van der Waals surface area contributed by atoms with E-state index in [1.807, 2.05) is 24.3 Å². The SMILES string of the molecule is O=C(O)c1ccc2c(c1)nc(C(Cc1cc(C(F)(F)F)cc(C(F)(F)F)c1)NC(=O)N1CCC(N3CCc4ccccc4NC3=O)CC1)n2CCCN1CCCC1. The minimum atomic E-state index is -5.08. The smallest absolute Gasteiger partial charge is 0.416 e. The quantitative estimate of drug-likeness (QED) is 0.141. The molecule has 0 saturated carbocycles. The van der Waals surface area contributed by atoms with E-state index in [0.717, 1.165) is 43.7 Å². The van der Waals surface area contributed by atoms with Crippen molar-refractivity contribution in [3.05, 3.63) is 94.3 Å². The highest BCUT2D eigenvalue weighted by atomic mass is 19.4. The molecule has 3 aliphatic heterocycles. The fraction of sp³-hybridized carbons (Fsp3) is 0.450. The van der Waals surface area contributed by atoms with Crippen molar-refractivity contribution in [2.75, 3.05) is 44.6 Å². The summed E-state index contributed by atoms with van der Waals surface area (Å²) in [6.45, 7) is 3.87. The van der Waals surface area contributed by atoms with Crippen LogP contribution in [0.3, 0.4) is 0 Å². The molecule has 17 heteroatoms. The summed E-state index contributed by atoms with van der Waals surface area (Å²) >= 11 is 0. The van der Waals surface area contributed by atoms with E-state index in [2.05, 4.69) is 15.5 Å². The lowest BCUT2D eigenvalue weighted by molar-refractivity contribution is -0.143. The van der Waals surface area contributed by atoms with E-state index in [1.54, 1.807) is 15.5 Å². The zero-order chi connectivity index (χ0) is 40.5. The number of anilines is 1. The summed E-state index contributed by atoms with van der Waals surface area (Å²) in [4.78, 5) is 49.4. The van der Waals surface area contributed by atoms with Crippen molar-refractivity contribution in [1.29, 1.82) is 0 Å². The monoisotopic (exact) mass is 799 g/mol. The number of urea groups is 2. The molecule has 1 aromatic heterocycles. The van der Waals surface area contributed by atoms with Crippen LogP contribution < -0.4 is 10.6 Å². The molecule has 7 rings (SSSR count). The van der Waals surface area contributed by atoms with Gasteiger partial charge in [0.15, 0.2) is 0 Å². The number of likely N-dealkylation sites (tertiary alicyclic amines) is 2. The van der Waals surface area contributed by atoms with Crippen LogP contribution in [-0.2, 0) is 31.7 Å². The van der Waals surface area contributed by atoms with E-state index in [0.29, 0.717) is 56.4 Å². The van der Waals surface area contributed by atoms with Crippen LogP contribution in [0.5, 0.6) is 0 Å². The molecule has 11 nitrogen and oxygen atoms in total. The fourth-order valence-corrected chi connectivity index (χ4v) is 8.18. The number of nitrogens with zero attached hydrogens (tertiary/aromatic N) is 5. The first-order valence-corrected chi connectivity index (χ1v) is 19.1. The highest BCUT2D eigenvalue weighted by Gasteiger charge is 2.38. The van der Waals surface area contributed by atoms with E-state index >= 15 is 0 Å². The number of hydrogen-bond donors (Lipinski definition) is 3. The third kappa shape index (κ3) is 9.13. The predicted octanol–water partition coefficient (Wildman–Crippen LogP) is 7.81. The number of benzene rings is 3. The number of carbonyl (C=O) groups excluding carboxylic acids is 2. The number of aromatic nitrogens is 2. The number of halogens is 6. The Kier molecular flexibility index (Phi) is 11.4. The number of aromatic carboxylic acids is 1. The summed E-state index contributed by atoms with van der Waals surface area (Å²) in [7, 11) is 0. The first-order valence-electron chi connectivity index (χ1n) is 19.1. The molecule has 0 radical (unpaired) electrons. The Balaban J connectivity index is 1.18. The van der Waals surface area contributed by atoms with Crippen LogP contribution in [0.4, 0.5) is 41.6 Å². The van der Waals surface area contributed by atoms with Gasteiger partial charge in [0.25, 0.3) is 0 Å². The topological polar surface area (TPSA) is 123 Å². The Labute approximate surface area is 324 Å². The van der Waals surface area contributed by atoms with Crippen molar-refractivity contribution in [3.8, 4) is 0 Å². The second-order valence-electron chi connectivity index (χ2n) is 14.9. The summed E-state index contributed by atoms with van der Waals surface area (Å²) < 4.78 is 85.6. The lowest BCUT2D eigenvalue weighted by atomic mass is 9.98. The highest BCUT2D eigenvalue weighted by Crippen LogP contribution is 2.38. The molecule has 2 saturated heterocycles. The summed E-state index contributed by atoms with van der Waals surface area (Å²) in [6, 6.07) is 11.0. The van der Waals surface area contributed by atoms with Gasteiger partial charge in [-0.1, -0.05) is 18.2 Å². The first-order chi connectivity index (χ1) is 27.1. The van der Waals surface area contributed by atoms with Gasteiger partial charge >= 0.3 is 30.4 Å². The van der Waals surface area contributed by atoms with Crippen LogP contribution >= 0.6 is 0 Å². The summed E-state index contributed by atoms with van der Waals surface area (Å²) in [5, 5.41) is 15.5. The molecule has 0 bridgehead atoms. The van der Waals surface area contributed by atoms with Gasteiger partial charge in [-0.15, -0.1) is 0 Å². The van der Waals surface area contributed by atoms with Gasteiger partial charge in [-0.2, -0.15) is 26.3 Å². The molecule has 4 heterocycles. The Bertz CT molecular complexity index is 2090. The first kappa shape index (κ1) is 39.9. The number of aryl methyl sites for hydroxylation is 1.